The fourth-order valence-electron chi connectivity index (χ4n) is 4.34. The van der Waals surface area contributed by atoms with E-state index in [4.69, 9.17) is 0 Å². The summed E-state index contributed by atoms with van der Waals surface area (Å²) in [6.45, 7) is 4.59. The number of benzene rings is 2. The third-order valence-electron chi connectivity index (χ3n) is 6.12. The van der Waals surface area contributed by atoms with Crippen LogP contribution in [0.4, 0.5) is 5.69 Å². The molecule has 2 saturated heterocycles. The number of hydrogen-bond donors (Lipinski definition) is 1. The molecule has 0 bridgehead atoms. The normalized spacial score (nSPS) is 17.4. The molecule has 2 amide bonds. The van der Waals surface area contributed by atoms with Gasteiger partial charge in [0.25, 0.3) is 0 Å². The Balaban J connectivity index is 1.30. The predicted octanol–water partition coefficient (Wildman–Crippen LogP) is 4.13. The van der Waals surface area contributed by atoms with Gasteiger partial charge < -0.3 is 10.2 Å². The summed E-state index contributed by atoms with van der Waals surface area (Å²) in [6.07, 6.45) is 8.82. The molecule has 31 heavy (non-hydrogen) atoms. The van der Waals surface area contributed by atoms with Crippen molar-refractivity contribution in [1.82, 2.24) is 10.2 Å². The molecule has 5 nitrogen and oxygen atoms in total. The van der Waals surface area contributed by atoms with E-state index in [1.165, 1.54) is 30.4 Å². The molecular weight excluding hydrogens is 386 g/mol. The lowest BCUT2D eigenvalue weighted by molar-refractivity contribution is -0.117. The molecule has 2 aliphatic heterocycles. The number of nitrogens with one attached hydrogen (secondary N) is 1. The van der Waals surface area contributed by atoms with Crippen molar-refractivity contribution in [2.45, 2.75) is 45.2 Å². The van der Waals surface area contributed by atoms with Crippen LogP contribution in [0.25, 0.3) is 6.08 Å². The minimum absolute atomic E-state index is 0.105. The van der Waals surface area contributed by atoms with Crippen LogP contribution in [-0.2, 0) is 22.7 Å². The summed E-state index contributed by atoms with van der Waals surface area (Å²) in [5, 5.41) is 3.01. The second kappa shape index (κ2) is 10.4. The van der Waals surface area contributed by atoms with Gasteiger partial charge in [-0.05, 0) is 67.3 Å². The zero-order valence-corrected chi connectivity index (χ0v) is 18.1. The predicted molar refractivity (Wildman–Crippen MR) is 124 cm³/mol. The van der Waals surface area contributed by atoms with Crippen LogP contribution in [0.1, 0.15) is 48.8 Å². The summed E-state index contributed by atoms with van der Waals surface area (Å²) in [5.74, 6) is 0.0785. The monoisotopic (exact) mass is 417 g/mol. The van der Waals surface area contributed by atoms with E-state index in [2.05, 4.69) is 28.4 Å². The molecule has 2 aromatic rings. The quantitative estimate of drug-likeness (QED) is 0.689. The Morgan fingerprint density at radius 3 is 2.35 bits per heavy atom. The maximum Gasteiger partial charge on any atom is 0.244 e. The fourth-order valence-corrected chi connectivity index (χ4v) is 4.34. The van der Waals surface area contributed by atoms with Crippen molar-refractivity contribution in [1.29, 1.82) is 0 Å². The van der Waals surface area contributed by atoms with Gasteiger partial charge in [-0.15, -0.1) is 0 Å². The molecule has 2 aliphatic rings. The molecule has 5 heteroatoms. The van der Waals surface area contributed by atoms with Crippen LogP contribution in [0.3, 0.4) is 0 Å². The van der Waals surface area contributed by atoms with Gasteiger partial charge in [-0.2, -0.15) is 0 Å². The molecule has 4 rings (SSSR count). The summed E-state index contributed by atoms with van der Waals surface area (Å²) in [7, 11) is 0. The first-order valence-corrected chi connectivity index (χ1v) is 11.3. The molecule has 0 spiro atoms. The van der Waals surface area contributed by atoms with Crippen LogP contribution in [0.15, 0.2) is 54.6 Å². The highest BCUT2D eigenvalue weighted by Crippen LogP contribution is 2.22. The zero-order valence-electron chi connectivity index (χ0n) is 18.1. The van der Waals surface area contributed by atoms with E-state index in [9.17, 15) is 9.59 Å². The number of hydrogen-bond acceptors (Lipinski definition) is 3. The molecule has 0 atom stereocenters. The van der Waals surface area contributed by atoms with Gasteiger partial charge >= 0.3 is 0 Å². The van der Waals surface area contributed by atoms with E-state index in [0.717, 1.165) is 43.9 Å². The topological polar surface area (TPSA) is 52.7 Å². The van der Waals surface area contributed by atoms with E-state index < -0.39 is 0 Å². The third-order valence-corrected chi connectivity index (χ3v) is 6.12. The Bertz CT molecular complexity index is 930. The summed E-state index contributed by atoms with van der Waals surface area (Å²) in [5.41, 5.74) is 4.33. The van der Waals surface area contributed by atoms with E-state index >= 15 is 0 Å². The maximum absolute atomic E-state index is 12.3. The number of piperidine rings is 1. The molecule has 162 valence electrons. The Hall–Kier alpha value is -2.92. The molecule has 1 N–H and O–H groups in total. The number of nitrogens with zero attached hydrogens (tertiary/aromatic N) is 2. The lowest BCUT2D eigenvalue weighted by Gasteiger charge is -2.27. The lowest BCUT2D eigenvalue weighted by Crippen LogP contribution is -2.30. The Morgan fingerprint density at radius 1 is 0.903 bits per heavy atom. The van der Waals surface area contributed by atoms with Gasteiger partial charge in [0.1, 0.15) is 0 Å². The third kappa shape index (κ3) is 5.82. The molecule has 2 aromatic carbocycles. The number of carbonyl (C=O) groups is 2. The summed E-state index contributed by atoms with van der Waals surface area (Å²) < 4.78 is 0. The molecule has 0 aromatic heterocycles. The highest BCUT2D eigenvalue weighted by atomic mass is 16.2. The lowest BCUT2D eigenvalue weighted by atomic mass is 10.0. The van der Waals surface area contributed by atoms with E-state index in [-0.39, 0.29) is 11.8 Å². The summed E-state index contributed by atoms with van der Waals surface area (Å²) in [4.78, 5) is 28.5. The van der Waals surface area contributed by atoms with Gasteiger partial charge in [0.15, 0.2) is 0 Å². The minimum Gasteiger partial charge on any atom is -0.348 e. The first kappa shape index (κ1) is 21.3. The van der Waals surface area contributed by atoms with Crippen molar-refractivity contribution in [3.05, 3.63) is 71.3 Å². The van der Waals surface area contributed by atoms with Gasteiger partial charge in [-0.25, -0.2) is 0 Å². The zero-order chi connectivity index (χ0) is 21.5. The van der Waals surface area contributed by atoms with Crippen molar-refractivity contribution in [3.8, 4) is 0 Å². The molecule has 0 aliphatic carbocycles. The van der Waals surface area contributed by atoms with Crippen molar-refractivity contribution < 1.29 is 9.59 Å². The molecule has 0 unspecified atom stereocenters. The number of likely N-dealkylation sites (tertiary alicyclic amines) is 1. The summed E-state index contributed by atoms with van der Waals surface area (Å²) in [6, 6.07) is 16.1. The SMILES string of the molecule is O=C(/C=C/c1ccc(N2CCCC2=O)cc1)NCc1ccccc1CN1CCCCC1. The van der Waals surface area contributed by atoms with Crippen LogP contribution in [0, 0.1) is 0 Å². The highest BCUT2D eigenvalue weighted by molar-refractivity contribution is 5.95. The molecule has 0 radical (unpaired) electrons. The van der Waals surface area contributed by atoms with Crippen LogP contribution in [0.5, 0.6) is 0 Å². The van der Waals surface area contributed by atoms with E-state index in [1.807, 2.05) is 41.3 Å². The van der Waals surface area contributed by atoms with Crippen LogP contribution in [-0.4, -0.2) is 36.3 Å². The van der Waals surface area contributed by atoms with Crippen molar-refractivity contribution in [3.63, 3.8) is 0 Å². The molecule has 0 saturated carbocycles. The largest absolute Gasteiger partial charge is 0.348 e. The minimum atomic E-state index is -0.105. The summed E-state index contributed by atoms with van der Waals surface area (Å²) >= 11 is 0. The molecule has 2 heterocycles. The molecular formula is C26H31N3O2. The van der Waals surface area contributed by atoms with Gasteiger partial charge in [0.2, 0.25) is 11.8 Å². The van der Waals surface area contributed by atoms with Gasteiger partial charge in [-0.3, -0.25) is 14.5 Å². The van der Waals surface area contributed by atoms with Crippen LogP contribution < -0.4 is 10.2 Å². The number of carbonyl (C=O) groups excluding carboxylic acids is 2. The Morgan fingerprint density at radius 2 is 1.65 bits per heavy atom. The molecule has 2 fully saturated rings. The second-order valence-corrected chi connectivity index (χ2v) is 8.40. The number of anilines is 1. The first-order chi connectivity index (χ1) is 15.2. The van der Waals surface area contributed by atoms with Crippen LogP contribution in [0.2, 0.25) is 0 Å². The van der Waals surface area contributed by atoms with Crippen molar-refractivity contribution in [2.75, 3.05) is 24.5 Å². The van der Waals surface area contributed by atoms with Gasteiger partial charge in [-0.1, -0.05) is 42.8 Å². The fraction of sp³-hybridized carbons (Fsp3) is 0.385. The maximum atomic E-state index is 12.3. The number of rotatable bonds is 7. The van der Waals surface area contributed by atoms with Crippen molar-refractivity contribution >= 4 is 23.6 Å². The number of amides is 2. The average molecular weight is 418 g/mol. The Kier molecular flexibility index (Phi) is 7.15. The second-order valence-electron chi connectivity index (χ2n) is 8.40. The van der Waals surface area contributed by atoms with Gasteiger partial charge in [0, 0.05) is 37.8 Å². The average Bonchev–Trinajstić information content (AvgIpc) is 3.24. The first-order valence-electron chi connectivity index (χ1n) is 11.3. The van der Waals surface area contributed by atoms with Crippen LogP contribution >= 0.6 is 0 Å². The standard InChI is InChI=1S/C26H31N3O2/c30-25(15-12-21-10-13-24(14-11-21)29-18-6-9-26(29)31)27-19-22-7-2-3-8-23(22)20-28-16-4-1-5-17-28/h2-3,7-8,10-15H,1,4-6,9,16-20H2,(H,27,30)/b15-12+. The highest BCUT2D eigenvalue weighted by Gasteiger charge is 2.21. The van der Waals surface area contributed by atoms with E-state index in [1.54, 1.807) is 6.08 Å². The van der Waals surface area contributed by atoms with Crippen molar-refractivity contribution in [2.24, 2.45) is 0 Å². The van der Waals surface area contributed by atoms with E-state index in [0.29, 0.717) is 13.0 Å². The smallest absolute Gasteiger partial charge is 0.244 e. The Labute approximate surface area is 184 Å². The van der Waals surface area contributed by atoms with Gasteiger partial charge in [0.05, 0.1) is 0 Å².